The monoisotopic (exact) mass is 427 g/mol. The molecule has 2 aromatic rings. The molecular weight excluding hydrogens is 398 g/mol. The second kappa shape index (κ2) is 10.3. The molecular formula is C23H29N3O5. The molecule has 2 atom stereocenters. The summed E-state index contributed by atoms with van der Waals surface area (Å²) in [5.41, 5.74) is 4.20. The average Bonchev–Trinajstić information content (AvgIpc) is 3.15. The molecule has 0 saturated carbocycles. The Morgan fingerprint density at radius 1 is 1.10 bits per heavy atom. The molecule has 1 saturated heterocycles. The van der Waals surface area contributed by atoms with Gasteiger partial charge in [0.25, 0.3) is 0 Å². The lowest BCUT2D eigenvalue weighted by Crippen LogP contribution is -2.49. The second-order valence-electron chi connectivity index (χ2n) is 7.85. The first-order valence-electron chi connectivity index (χ1n) is 10.4. The van der Waals surface area contributed by atoms with Crippen LogP contribution < -0.4 is 4.90 Å². The van der Waals surface area contributed by atoms with Crippen LogP contribution in [0, 0.1) is 0 Å². The van der Waals surface area contributed by atoms with Crippen LogP contribution in [0.15, 0.2) is 54.7 Å². The summed E-state index contributed by atoms with van der Waals surface area (Å²) in [5, 5.41) is 25.2. The maximum absolute atomic E-state index is 9.57. The van der Waals surface area contributed by atoms with Crippen LogP contribution in [-0.2, 0) is 16.1 Å². The summed E-state index contributed by atoms with van der Waals surface area (Å²) in [5.74, 6) is -2.51. The lowest BCUT2D eigenvalue weighted by Gasteiger charge is -2.42. The molecule has 0 aliphatic carbocycles. The molecule has 3 N–H and O–H groups in total. The molecule has 0 radical (unpaired) electrons. The van der Waals surface area contributed by atoms with Crippen LogP contribution in [0.3, 0.4) is 0 Å². The van der Waals surface area contributed by atoms with Crippen molar-refractivity contribution >= 4 is 17.6 Å². The first-order valence-corrected chi connectivity index (χ1v) is 10.4. The molecule has 4 rings (SSSR count). The largest absolute Gasteiger partial charge is 0.478 e. The minimum absolute atomic E-state index is 0.216. The first-order chi connectivity index (χ1) is 14.8. The Labute approximate surface area is 181 Å². The molecule has 1 aromatic carbocycles. The van der Waals surface area contributed by atoms with Gasteiger partial charge >= 0.3 is 11.9 Å². The van der Waals surface area contributed by atoms with E-state index in [9.17, 15) is 14.7 Å². The standard InChI is InChI=1S/C19H25N3O.C4H4O4/c1-15(23)8-10-20-11-12-22-17-6-3-2-5-16(17)13-21-9-4-7-18(21)19(22)14-20;5-3(6)1-2-4(7)8/h2-7,9,15,19,23H,8,10-14H2,1H3;1-2H,(H,5,6)(H,7,8)/b;2-1+. The molecule has 8 heteroatoms. The number of carboxylic acids is 2. The summed E-state index contributed by atoms with van der Waals surface area (Å²) >= 11 is 0. The minimum Gasteiger partial charge on any atom is -0.478 e. The number of aromatic nitrogens is 1. The number of carboxylic acid groups (broad SMARTS) is 2. The Kier molecular flexibility index (Phi) is 7.49. The van der Waals surface area contributed by atoms with Crippen molar-refractivity contribution in [2.24, 2.45) is 0 Å². The number of aliphatic carboxylic acids is 2. The van der Waals surface area contributed by atoms with Crippen molar-refractivity contribution in [2.75, 3.05) is 31.1 Å². The zero-order valence-electron chi connectivity index (χ0n) is 17.6. The number of aliphatic hydroxyl groups excluding tert-OH is 1. The molecule has 2 aliphatic heterocycles. The molecule has 1 aromatic heterocycles. The molecule has 2 aliphatic rings. The fourth-order valence-electron chi connectivity index (χ4n) is 4.08. The molecule has 31 heavy (non-hydrogen) atoms. The summed E-state index contributed by atoms with van der Waals surface area (Å²) in [7, 11) is 0. The number of rotatable bonds is 5. The van der Waals surface area contributed by atoms with Crippen molar-refractivity contribution in [3.63, 3.8) is 0 Å². The quantitative estimate of drug-likeness (QED) is 0.628. The van der Waals surface area contributed by atoms with Crippen molar-refractivity contribution < 1.29 is 24.9 Å². The third kappa shape index (κ3) is 5.96. The maximum atomic E-state index is 9.57. The molecule has 8 nitrogen and oxygen atoms in total. The van der Waals surface area contributed by atoms with Crippen LogP contribution in [0.2, 0.25) is 0 Å². The van der Waals surface area contributed by atoms with Gasteiger partial charge in [0.1, 0.15) is 0 Å². The second-order valence-corrected chi connectivity index (χ2v) is 7.85. The van der Waals surface area contributed by atoms with E-state index in [2.05, 4.69) is 57.0 Å². The summed E-state index contributed by atoms with van der Waals surface area (Å²) in [4.78, 5) is 24.2. The minimum atomic E-state index is -1.26. The highest BCUT2D eigenvalue weighted by molar-refractivity contribution is 5.89. The van der Waals surface area contributed by atoms with Gasteiger partial charge in [0.05, 0.1) is 12.1 Å². The summed E-state index contributed by atoms with van der Waals surface area (Å²) < 4.78 is 2.39. The molecule has 2 unspecified atom stereocenters. The number of fused-ring (bicyclic) bond motifs is 5. The van der Waals surface area contributed by atoms with Crippen LogP contribution in [0.4, 0.5) is 5.69 Å². The van der Waals surface area contributed by atoms with Crippen LogP contribution in [0.5, 0.6) is 0 Å². The van der Waals surface area contributed by atoms with Crippen molar-refractivity contribution in [1.29, 1.82) is 0 Å². The summed E-state index contributed by atoms with van der Waals surface area (Å²) in [6.07, 6.45) is 3.95. The van der Waals surface area contributed by atoms with E-state index in [1.54, 1.807) is 0 Å². The summed E-state index contributed by atoms with van der Waals surface area (Å²) in [6, 6.07) is 13.6. The normalized spacial score (nSPS) is 18.8. The highest BCUT2D eigenvalue weighted by Crippen LogP contribution is 2.36. The van der Waals surface area contributed by atoms with E-state index in [1.165, 1.54) is 16.9 Å². The molecule has 0 amide bonds. The van der Waals surface area contributed by atoms with Crippen molar-refractivity contribution in [1.82, 2.24) is 9.47 Å². The SMILES string of the molecule is CC(O)CCN1CCN2c3ccccc3Cn3cccc3C2C1.O=C(O)/C=C/C(=O)O. The number of benzene rings is 1. The Balaban J connectivity index is 0.000000293. The highest BCUT2D eigenvalue weighted by Gasteiger charge is 2.33. The Morgan fingerprint density at radius 2 is 1.81 bits per heavy atom. The van der Waals surface area contributed by atoms with Gasteiger partial charge in [-0.25, -0.2) is 9.59 Å². The number of aliphatic hydroxyl groups is 1. The van der Waals surface area contributed by atoms with Gasteiger partial charge in [0, 0.05) is 62.5 Å². The number of carbonyl (C=O) groups is 2. The fourth-order valence-corrected chi connectivity index (χ4v) is 4.08. The fraction of sp³-hybridized carbons (Fsp3) is 0.391. The number of nitrogens with zero attached hydrogens (tertiary/aromatic N) is 3. The van der Waals surface area contributed by atoms with E-state index in [0.29, 0.717) is 18.2 Å². The predicted octanol–water partition coefficient (Wildman–Crippen LogP) is 2.20. The average molecular weight is 428 g/mol. The zero-order chi connectivity index (χ0) is 22.4. The summed E-state index contributed by atoms with van der Waals surface area (Å²) in [6.45, 7) is 6.96. The van der Waals surface area contributed by atoms with Crippen molar-refractivity contribution in [3.05, 3.63) is 66.0 Å². The predicted molar refractivity (Wildman–Crippen MR) is 117 cm³/mol. The lowest BCUT2D eigenvalue weighted by molar-refractivity contribution is -0.134. The molecule has 1 fully saturated rings. The van der Waals surface area contributed by atoms with Crippen molar-refractivity contribution in [2.45, 2.75) is 32.0 Å². The van der Waals surface area contributed by atoms with E-state index in [1.807, 2.05) is 6.92 Å². The Bertz CT molecular complexity index is 921. The van der Waals surface area contributed by atoms with Gasteiger partial charge in [0.15, 0.2) is 0 Å². The van der Waals surface area contributed by atoms with Gasteiger partial charge in [-0.05, 0) is 37.1 Å². The van der Waals surface area contributed by atoms with E-state index in [-0.39, 0.29) is 6.10 Å². The van der Waals surface area contributed by atoms with Crippen LogP contribution in [0.25, 0.3) is 0 Å². The third-order valence-electron chi connectivity index (χ3n) is 5.54. The third-order valence-corrected chi connectivity index (χ3v) is 5.54. The number of para-hydroxylation sites is 1. The van der Waals surface area contributed by atoms with E-state index in [4.69, 9.17) is 10.2 Å². The van der Waals surface area contributed by atoms with Crippen molar-refractivity contribution in [3.8, 4) is 0 Å². The molecule has 0 spiro atoms. The molecule has 0 bridgehead atoms. The number of hydrogen-bond acceptors (Lipinski definition) is 5. The molecule has 166 valence electrons. The van der Waals surface area contributed by atoms with Gasteiger partial charge in [-0.1, -0.05) is 18.2 Å². The van der Waals surface area contributed by atoms with Gasteiger partial charge in [-0.3, -0.25) is 4.90 Å². The van der Waals surface area contributed by atoms with Crippen LogP contribution in [0.1, 0.15) is 30.6 Å². The molecule has 3 heterocycles. The van der Waals surface area contributed by atoms with Gasteiger partial charge < -0.3 is 24.8 Å². The first kappa shape index (κ1) is 22.6. The van der Waals surface area contributed by atoms with Crippen LogP contribution in [-0.4, -0.2) is 69.0 Å². The van der Waals surface area contributed by atoms with E-state index in [0.717, 1.165) is 39.1 Å². The topological polar surface area (TPSA) is 106 Å². The zero-order valence-corrected chi connectivity index (χ0v) is 17.6. The maximum Gasteiger partial charge on any atom is 0.328 e. The number of piperazine rings is 1. The van der Waals surface area contributed by atoms with Gasteiger partial charge in [0.2, 0.25) is 0 Å². The van der Waals surface area contributed by atoms with Gasteiger partial charge in [-0.2, -0.15) is 0 Å². The lowest BCUT2D eigenvalue weighted by atomic mass is 10.1. The Morgan fingerprint density at radius 3 is 2.48 bits per heavy atom. The Hall–Kier alpha value is -3.10. The van der Waals surface area contributed by atoms with Crippen LogP contribution >= 0.6 is 0 Å². The number of anilines is 1. The van der Waals surface area contributed by atoms with E-state index >= 15 is 0 Å². The number of hydrogen-bond donors (Lipinski definition) is 3. The smallest absolute Gasteiger partial charge is 0.328 e. The van der Waals surface area contributed by atoms with Gasteiger partial charge in [-0.15, -0.1) is 0 Å². The highest BCUT2D eigenvalue weighted by atomic mass is 16.4. The van der Waals surface area contributed by atoms with E-state index < -0.39 is 11.9 Å².